The molecule has 0 spiro atoms. The highest BCUT2D eigenvalue weighted by molar-refractivity contribution is 7.92. The number of methoxy groups -OCH3 is 1. The van der Waals surface area contributed by atoms with Crippen molar-refractivity contribution in [3.63, 3.8) is 0 Å². The lowest BCUT2D eigenvalue weighted by Crippen LogP contribution is -2.25. The zero-order chi connectivity index (χ0) is 24.0. The van der Waals surface area contributed by atoms with Crippen LogP contribution in [0.1, 0.15) is 27.9 Å². The Kier molecular flexibility index (Phi) is 8.13. The van der Waals surface area contributed by atoms with Crippen LogP contribution in [0.5, 0.6) is 0 Å². The maximum atomic E-state index is 13.0. The minimum Gasteiger partial charge on any atom is -0.385 e. The Labute approximate surface area is 200 Å². The fourth-order valence-corrected chi connectivity index (χ4v) is 4.93. The Morgan fingerprint density at radius 1 is 0.970 bits per heavy atom. The quantitative estimate of drug-likeness (QED) is 0.407. The van der Waals surface area contributed by atoms with Crippen molar-refractivity contribution in [2.24, 2.45) is 0 Å². The van der Waals surface area contributed by atoms with Crippen LogP contribution in [-0.2, 0) is 14.8 Å². The van der Waals surface area contributed by atoms with E-state index in [2.05, 4.69) is 10.0 Å². The van der Waals surface area contributed by atoms with Crippen molar-refractivity contribution in [3.8, 4) is 11.1 Å². The van der Waals surface area contributed by atoms with Crippen molar-refractivity contribution in [2.75, 3.05) is 25.0 Å². The van der Waals surface area contributed by atoms with Gasteiger partial charge in [-0.25, -0.2) is 8.42 Å². The number of ether oxygens (including phenoxy) is 1. The van der Waals surface area contributed by atoms with Crippen LogP contribution >= 0.6 is 11.6 Å². The van der Waals surface area contributed by atoms with E-state index in [9.17, 15) is 13.2 Å². The van der Waals surface area contributed by atoms with Gasteiger partial charge in [0.1, 0.15) is 0 Å². The molecule has 1 amide bonds. The number of hydrogen-bond acceptors (Lipinski definition) is 4. The van der Waals surface area contributed by atoms with Gasteiger partial charge in [0.05, 0.1) is 4.90 Å². The summed E-state index contributed by atoms with van der Waals surface area (Å²) in [5.74, 6) is -0.146. The van der Waals surface area contributed by atoms with Crippen LogP contribution in [0.2, 0.25) is 5.02 Å². The first-order valence-electron chi connectivity index (χ1n) is 10.5. The first kappa shape index (κ1) is 24.8. The van der Waals surface area contributed by atoms with Gasteiger partial charge in [-0.3, -0.25) is 9.52 Å². The highest BCUT2D eigenvalue weighted by Gasteiger charge is 2.18. The number of hydrogen-bond donors (Lipinski definition) is 2. The van der Waals surface area contributed by atoms with Gasteiger partial charge in [-0.1, -0.05) is 35.9 Å². The highest BCUT2D eigenvalue weighted by atomic mass is 35.5. The van der Waals surface area contributed by atoms with Crippen LogP contribution in [0, 0.1) is 13.8 Å². The maximum Gasteiger partial charge on any atom is 0.262 e. The molecule has 0 heterocycles. The molecule has 0 atom stereocenters. The molecule has 0 fully saturated rings. The third kappa shape index (κ3) is 6.35. The summed E-state index contributed by atoms with van der Waals surface area (Å²) in [6.07, 6.45) is 0.748. The molecule has 8 heteroatoms. The average molecular weight is 487 g/mol. The van der Waals surface area contributed by atoms with Gasteiger partial charge in [0.15, 0.2) is 0 Å². The van der Waals surface area contributed by atoms with Gasteiger partial charge in [0, 0.05) is 36.5 Å². The average Bonchev–Trinajstić information content (AvgIpc) is 2.79. The van der Waals surface area contributed by atoms with Crippen molar-refractivity contribution >= 4 is 33.2 Å². The number of anilines is 1. The predicted octanol–water partition coefficient (Wildman–Crippen LogP) is 5.19. The van der Waals surface area contributed by atoms with Gasteiger partial charge in [0.2, 0.25) is 0 Å². The molecule has 3 aromatic rings. The van der Waals surface area contributed by atoms with Gasteiger partial charge in [-0.2, -0.15) is 0 Å². The smallest absolute Gasteiger partial charge is 0.262 e. The second kappa shape index (κ2) is 10.8. The van der Waals surface area contributed by atoms with Crippen molar-refractivity contribution in [1.82, 2.24) is 5.32 Å². The predicted molar refractivity (Wildman–Crippen MR) is 132 cm³/mol. The van der Waals surface area contributed by atoms with E-state index >= 15 is 0 Å². The Morgan fingerprint density at radius 2 is 1.70 bits per heavy atom. The van der Waals surface area contributed by atoms with Gasteiger partial charge < -0.3 is 10.1 Å². The largest absolute Gasteiger partial charge is 0.385 e. The van der Waals surface area contributed by atoms with Gasteiger partial charge in [-0.05, 0) is 78.9 Å². The first-order valence-corrected chi connectivity index (χ1v) is 12.3. The SMILES string of the molecule is COCCCNC(=O)c1ccc(-c2cccc(NS(=O)(=O)c3cc(C)c(Cl)cc3C)c2)cc1. The molecule has 0 saturated heterocycles. The molecule has 3 aromatic carbocycles. The van der Waals surface area contributed by atoms with Crippen molar-refractivity contribution in [1.29, 1.82) is 0 Å². The molecule has 0 saturated carbocycles. The lowest BCUT2D eigenvalue weighted by Gasteiger charge is -2.13. The topological polar surface area (TPSA) is 84.5 Å². The Balaban J connectivity index is 1.76. The number of carbonyl (C=O) groups is 1. The standard InChI is InChI=1S/C25H27ClN2O4S/c1-17-15-24(18(2)14-23(17)26)33(30,31)28-22-7-4-6-21(16-22)19-8-10-20(11-9-19)25(29)27-12-5-13-32-3/h4,6-11,14-16,28H,5,12-13H2,1-3H3,(H,27,29). The van der Waals surface area contributed by atoms with E-state index in [1.807, 2.05) is 18.2 Å². The summed E-state index contributed by atoms with van der Waals surface area (Å²) < 4.78 is 33.6. The van der Waals surface area contributed by atoms with E-state index in [0.29, 0.717) is 40.6 Å². The van der Waals surface area contributed by atoms with E-state index < -0.39 is 10.0 Å². The van der Waals surface area contributed by atoms with E-state index in [4.69, 9.17) is 16.3 Å². The van der Waals surface area contributed by atoms with Gasteiger partial charge in [0.25, 0.3) is 15.9 Å². The molecule has 0 aromatic heterocycles. The second-order valence-corrected chi connectivity index (χ2v) is 9.79. The van der Waals surface area contributed by atoms with Crippen LogP contribution < -0.4 is 10.0 Å². The van der Waals surface area contributed by atoms with Gasteiger partial charge >= 0.3 is 0 Å². The van der Waals surface area contributed by atoms with Crippen molar-refractivity contribution in [2.45, 2.75) is 25.2 Å². The zero-order valence-electron chi connectivity index (χ0n) is 18.8. The lowest BCUT2D eigenvalue weighted by molar-refractivity contribution is 0.0948. The first-order chi connectivity index (χ1) is 15.7. The minimum absolute atomic E-state index is 0.146. The number of benzene rings is 3. The van der Waals surface area contributed by atoms with Crippen molar-refractivity contribution in [3.05, 3.63) is 82.4 Å². The molecule has 33 heavy (non-hydrogen) atoms. The van der Waals surface area contributed by atoms with E-state index in [1.165, 1.54) is 0 Å². The van der Waals surface area contributed by atoms with E-state index in [0.717, 1.165) is 17.5 Å². The number of aryl methyl sites for hydroxylation is 2. The third-order valence-electron chi connectivity index (χ3n) is 5.15. The molecule has 0 radical (unpaired) electrons. The zero-order valence-corrected chi connectivity index (χ0v) is 20.4. The summed E-state index contributed by atoms with van der Waals surface area (Å²) in [6, 6.07) is 17.5. The summed E-state index contributed by atoms with van der Waals surface area (Å²) in [5.41, 5.74) is 3.96. The number of carbonyl (C=O) groups excluding carboxylic acids is 1. The Morgan fingerprint density at radius 3 is 2.39 bits per heavy atom. The molecule has 0 aliphatic rings. The summed E-state index contributed by atoms with van der Waals surface area (Å²) in [6.45, 7) is 4.62. The van der Waals surface area contributed by atoms with Crippen LogP contribution in [0.15, 0.2) is 65.6 Å². The van der Waals surface area contributed by atoms with Crippen LogP contribution in [0.4, 0.5) is 5.69 Å². The second-order valence-electron chi connectivity index (χ2n) is 7.73. The Bertz CT molecular complexity index is 1240. The van der Waals surface area contributed by atoms with E-state index in [1.54, 1.807) is 63.4 Å². The third-order valence-corrected chi connectivity index (χ3v) is 7.08. The molecule has 3 rings (SSSR count). The molecular formula is C25H27ClN2O4S. The highest BCUT2D eigenvalue weighted by Crippen LogP contribution is 2.28. The molecule has 2 N–H and O–H groups in total. The summed E-state index contributed by atoms with van der Waals surface area (Å²) >= 11 is 6.11. The van der Waals surface area contributed by atoms with Crippen molar-refractivity contribution < 1.29 is 17.9 Å². The molecular weight excluding hydrogens is 460 g/mol. The number of rotatable bonds is 9. The molecule has 0 aliphatic carbocycles. The van der Waals surface area contributed by atoms with Crippen LogP contribution in [0.25, 0.3) is 11.1 Å². The maximum absolute atomic E-state index is 13.0. The molecule has 174 valence electrons. The summed E-state index contributed by atoms with van der Waals surface area (Å²) in [4.78, 5) is 12.4. The summed E-state index contributed by atoms with van der Waals surface area (Å²) in [5, 5.41) is 3.38. The fourth-order valence-electron chi connectivity index (χ4n) is 3.35. The minimum atomic E-state index is -3.78. The van der Waals surface area contributed by atoms with E-state index in [-0.39, 0.29) is 10.8 Å². The number of amides is 1. The van der Waals surface area contributed by atoms with Crippen LogP contribution in [-0.4, -0.2) is 34.6 Å². The monoisotopic (exact) mass is 486 g/mol. The fraction of sp³-hybridized carbons (Fsp3) is 0.240. The van der Waals surface area contributed by atoms with Crippen LogP contribution in [0.3, 0.4) is 0 Å². The number of halogens is 1. The normalized spacial score (nSPS) is 11.3. The lowest BCUT2D eigenvalue weighted by atomic mass is 10.0. The number of nitrogens with one attached hydrogen (secondary N) is 2. The molecule has 0 bridgehead atoms. The molecule has 6 nitrogen and oxygen atoms in total. The molecule has 0 unspecified atom stereocenters. The number of sulfonamides is 1. The summed E-state index contributed by atoms with van der Waals surface area (Å²) in [7, 11) is -2.16. The molecule has 0 aliphatic heterocycles. The van der Waals surface area contributed by atoms with Gasteiger partial charge in [-0.15, -0.1) is 0 Å². The Hall–Kier alpha value is -2.87.